The summed E-state index contributed by atoms with van der Waals surface area (Å²) in [6, 6.07) is 13.4. The third-order valence-electron chi connectivity index (χ3n) is 5.64. The first-order chi connectivity index (χ1) is 19.1. The van der Waals surface area contributed by atoms with Crippen LogP contribution in [0.25, 0.3) is 0 Å². The Hall–Kier alpha value is -3.45. The van der Waals surface area contributed by atoms with Gasteiger partial charge in [-0.15, -0.1) is 0 Å². The summed E-state index contributed by atoms with van der Waals surface area (Å²) in [6.07, 6.45) is 0.258. The molecule has 0 saturated carbocycles. The first-order valence-corrected chi connectivity index (χ1v) is 14.2. The second kappa shape index (κ2) is 14.3. The average Bonchev–Trinajstić information content (AvgIpc) is 2.92. The highest BCUT2D eigenvalue weighted by atomic mass is 32.2. The van der Waals surface area contributed by atoms with Gasteiger partial charge < -0.3 is 28.8 Å². The summed E-state index contributed by atoms with van der Waals surface area (Å²) >= 11 is 0. The Labute approximate surface area is 235 Å². The standard InChI is InChI=1S/C28H37N3O8S/c1-28(2,3)20-9-11-23(12-10-20)40(33,34)31-26-25(39-22-8-6-7-21(19-22)36-5)27(38-16-14-32)30-24(29-26)13-15-37-18-17-35-4/h6-12,19,32H,13-18H2,1-5H3,(H,29,30,31). The number of aliphatic hydroxyl groups is 1. The molecule has 3 aromatic rings. The minimum atomic E-state index is -4.09. The molecule has 12 heteroatoms. The van der Waals surface area contributed by atoms with Crippen LogP contribution in [0.5, 0.6) is 23.1 Å². The Morgan fingerprint density at radius 1 is 0.925 bits per heavy atom. The summed E-state index contributed by atoms with van der Waals surface area (Å²) in [5, 5.41) is 9.38. The Kier molecular flexibility index (Phi) is 11.1. The molecule has 0 fully saturated rings. The maximum absolute atomic E-state index is 13.5. The smallest absolute Gasteiger partial charge is 0.263 e. The van der Waals surface area contributed by atoms with Crippen LogP contribution >= 0.6 is 0 Å². The van der Waals surface area contributed by atoms with Crippen molar-refractivity contribution in [3.05, 3.63) is 59.9 Å². The molecule has 1 heterocycles. The van der Waals surface area contributed by atoms with Gasteiger partial charge in [-0.2, -0.15) is 4.98 Å². The van der Waals surface area contributed by atoms with Gasteiger partial charge in [0, 0.05) is 19.6 Å². The van der Waals surface area contributed by atoms with Gasteiger partial charge in [-0.05, 0) is 35.2 Å². The monoisotopic (exact) mass is 575 g/mol. The van der Waals surface area contributed by atoms with Crippen molar-refractivity contribution in [3.8, 4) is 23.1 Å². The van der Waals surface area contributed by atoms with Crippen LogP contribution in [0.1, 0.15) is 32.2 Å². The van der Waals surface area contributed by atoms with Gasteiger partial charge in [-0.25, -0.2) is 13.4 Å². The molecule has 1 aromatic heterocycles. The number of rotatable bonds is 15. The Morgan fingerprint density at radius 2 is 1.65 bits per heavy atom. The van der Waals surface area contributed by atoms with Crippen molar-refractivity contribution in [3.63, 3.8) is 0 Å². The molecule has 0 amide bonds. The lowest BCUT2D eigenvalue weighted by Crippen LogP contribution is -2.18. The van der Waals surface area contributed by atoms with E-state index in [1.165, 1.54) is 7.11 Å². The molecule has 0 aliphatic carbocycles. The summed E-state index contributed by atoms with van der Waals surface area (Å²) < 4.78 is 57.0. The Balaban J connectivity index is 2.03. The lowest BCUT2D eigenvalue weighted by atomic mass is 9.87. The molecular weight excluding hydrogens is 538 g/mol. The van der Waals surface area contributed by atoms with Crippen molar-refractivity contribution >= 4 is 15.8 Å². The summed E-state index contributed by atoms with van der Waals surface area (Å²) in [6.45, 7) is 6.82. The molecular formula is C28H37N3O8S. The highest BCUT2D eigenvalue weighted by Gasteiger charge is 2.25. The van der Waals surface area contributed by atoms with Gasteiger partial charge in [0.1, 0.15) is 23.9 Å². The first-order valence-electron chi connectivity index (χ1n) is 12.7. The van der Waals surface area contributed by atoms with Crippen LogP contribution in [-0.4, -0.2) is 70.7 Å². The molecule has 0 spiro atoms. The topological polar surface area (TPSA) is 138 Å². The van der Waals surface area contributed by atoms with Crippen LogP contribution < -0.4 is 18.9 Å². The van der Waals surface area contributed by atoms with Gasteiger partial charge >= 0.3 is 0 Å². The van der Waals surface area contributed by atoms with E-state index < -0.39 is 10.0 Å². The third-order valence-corrected chi connectivity index (χ3v) is 6.99. The van der Waals surface area contributed by atoms with Gasteiger partial charge in [0.2, 0.25) is 5.75 Å². The fourth-order valence-electron chi connectivity index (χ4n) is 3.50. The van der Waals surface area contributed by atoms with Gasteiger partial charge in [-0.3, -0.25) is 4.72 Å². The molecule has 0 aliphatic rings. The van der Waals surface area contributed by atoms with Crippen LogP contribution in [0.4, 0.5) is 5.82 Å². The van der Waals surface area contributed by atoms with E-state index in [0.717, 1.165) is 5.56 Å². The highest BCUT2D eigenvalue weighted by Crippen LogP contribution is 2.38. The molecule has 11 nitrogen and oxygen atoms in total. The molecule has 0 aliphatic heterocycles. The highest BCUT2D eigenvalue weighted by molar-refractivity contribution is 7.92. The van der Waals surface area contributed by atoms with E-state index >= 15 is 0 Å². The SMILES string of the molecule is COCCOCCc1nc(NS(=O)(=O)c2ccc(C(C)(C)C)cc2)c(Oc2cccc(OC)c2)c(OCCO)n1. The number of ether oxygens (including phenoxy) is 5. The second-order valence-corrected chi connectivity index (χ2v) is 11.4. The van der Waals surface area contributed by atoms with Crippen molar-refractivity contribution in [2.24, 2.45) is 0 Å². The molecule has 2 aromatic carbocycles. The van der Waals surface area contributed by atoms with Crippen molar-refractivity contribution in [2.45, 2.75) is 37.5 Å². The van der Waals surface area contributed by atoms with Crippen LogP contribution in [0.15, 0.2) is 53.4 Å². The summed E-state index contributed by atoms with van der Waals surface area (Å²) in [4.78, 5) is 8.93. The third kappa shape index (κ3) is 8.78. The van der Waals surface area contributed by atoms with Crippen molar-refractivity contribution in [1.29, 1.82) is 0 Å². The lowest BCUT2D eigenvalue weighted by molar-refractivity contribution is 0.0715. The van der Waals surface area contributed by atoms with Crippen molar-refractivity contribution in [2.75, 3.05) is 52.0 Å². The maximum atomic E-state index is 13.5. The molecule has 0 unspecified atom stereocenters. The van der Waals surface area contributed by atoms with Gasteiger partial charge in [0.05, 0.1) is 38.4 Å². The van der Waals surface area contributed by atoms with Crippen LogP contribution in [0, 0.1) is 0 Å². The first kappa shape index (κ1) is 31.1. The zero-order chi connectivity index (χ0) is 29.2. The number of nitrogens with zero attached hydrogens (tertiary/aromatic N) is 2. The van der Waals surface area contributed by atoms with Crippen molar-refractivity contribution < 1.29 is 37.2 Å². The molecule has 0 radical (unpaired) electrons. The fourth-order valence-corrected chi connectivity index (χ4v) is 4.50. The van der Waals surface area contributed by atoms with E-state index in [9.17, 15) is 13.5 Å². The lowest BCUT2D eigenvalue weighted by Gasteiger charge is -2.20. The summed E-state index contributed by atoms with van der Waals surface area (Å²) in [5.41, 5.74) is 0.852. The summed E-state index contributed by atoms with van der Waals surface area (Å²) in [7, 11) is -0.991. The van der Waals surface area contributed by atoms with E-state index in [2.05, 4.69) is 14.7 Å². The maximum Gasteiger partial charge on any atom is 0.263 e. The van der Waals surface area contributed by atoms with Gasteiger partial charge in [-0.1, -0.05) is 39.0 Å². The number of hydrogen-bond acceptors (Lipinski definition) is 10. The summed E-state index contributed by atoms with van der Waals surface area (Å²) in [5.74, 6) is 0.881. The van der Waals surface area contributed by atoms with Crippen LogP contribution in [0.3, 0.4) is 0 Å². The quantitative estimate of drug-likeness (QED) is 0.256. The molecule has 2 N–H and O–H groups in total. The Morgan fingerprint density at radius 3 is 2.30 bits per heavy atom. The van der Waals surface area contributed by atoms with Gasteiger partial charge in [0.15, 0.2) is 5.82 Å². The number of anilines is 1. The van der Waals surface area contributed by atoms with E-state index in [1.807, 2.05) is 20.8 Å². The average molecular weight is 576 g/mol. The molecule has 0 saturated heterocycles. The van der Waals surface area contributed by atoms with Crippen LogP contribution in [0.2, 0.25) is 0 Å². The van der Waals surface area contributed by atoms with Crippen molar-refractivity contribution in [1.82, 2.24) is 9.97 Å². The van der Waals surface area contributed by atoms with Gasteiger partial charge in [0.25, 0.3) is 15.9 Å². The van der Waals surface area contributed by atoms with E-state index in [0.29, 0.717) is 24.7 Å². The number of aliphatic hydroxyl groups excluding tert-OH is 1. The molecule has 3 rings (SSSR count). The predicted molar refractivity (Wildman–Crippen MR) is 150 cm³/mol. The second-order valence-electron chi connectivity index (χ2n) is 9.71. The molecule has 0 bridgehead atoms. The normalized spacial score (nSPS) is 11.8. The number of benzene rings is 2. The zero-order valence-electron chi connectivity index (χ0n) is 23.5. The number of nitrogens with one attached hydrogen (secondary N) is 1. The minimum Gasteiger partial charge on any atom is -0.497 e. The van der Waals surface area contributed by atoms with E-state index in [4.69, 9.17) is 23.7 Å². The number of aromatic nitrogens is 2. The molecule has 0 atom stereocenters. The largest absolute Gasteiger partial charge is 0.497 e. The fraction of sp³-hybridized carbons (Fsp3) is 0.429. The van der Waals surface area contributed by atoms with E-state index in [1.54, 1.807) is 55.6 Å². The Bertz CT molecular complexity index is 1340. The van der Waals surface area contributed by atoms with Crippen LogP contribution in [-0.2, 0) is 31.3 Å². The zero-order valence-corrected chi connectivity index (χ0v) is 24.3. The molecule has 218 valence electrons. The minimum absolute atomic E-state index is 0.0421. The van der Waals surface area contributed by atoms with E-state index in [-0.39, 0.29) is 59.8 Å². The number of sulfonamides is 1. The number of methoxy groups -OCH3 is 2. The number of hydrogen-bond donors (Lipinski definition) is 2. The predicted octanol–water partition coefficient (Wildman–Crippen LogP) is 3.95. The molecule has 40 heavy (non-hydrogen) atoms.